The van der Waals surface area contributed by atoms with Gasteiger partial charge >= 0.3 is 0 Å². The Balaban J connectivity index is 2.44. The van der Waals surface area contributed by atoms with E-state index in [-0.39, 0.29) is 5.95 Å². The maximum atomic E-state index is 5.99. The molecule has 5 heteroatoms. The lowest BCUT2D eigenvalue weighted by molar-refractivity contribution is 1.12. The predicted octanol–water partition coefficient (Wildman–Crippen LogP) is 3.71. The molecule has 2 rings (SSSR count). The number of nitrogens with two attached hydrogens (primary N) is 1. The van der Waals surface area contributed by atoms with Gasteiger partial charge in [0, 0.05) is 13.1 Å². The Labute approximate surface area is 135 Å². The Kier molecular flexibility index (Phi) is 5.28. The van der Waals surface area contributed by atoms with E-state index in [2.05, 4.69) is 40.9 Å². The smallest absolute Gasteiger partial charge is 0.222 e. The average molecular weight is 315 g/mol. The fourth-order valence-corrected chi connectivity index (χ4v) is 2.45. The molecule has 0 atom stereocenters. The summed E-state index contributed by atoms with van der Waals surface area (Å²) in [5.74, 6) is 0.150. The molecule has 0 bridgehead atoms. The zero-order chi connectivity index (χ0) is 16.1. The van der Waals surface area contributed by atoms with Gasteiger partial charge in [0.15, 0.2) is 0 Å². The molecule has 4 nitrogen and oxygen atoms in total. The van der Waals surface area contributed by atoms with Crippen molar-refractivity contribution < 1.29 is 0 Å². The molecule has 22 heavy (non-hydrogen) atoms. The van der Waals surface area contributed by atoms with Gasteiger partial charge in [-0.2, -0.15) is 0 Å². The lowest BCUT2D eigenvalue weighted by atomic mass is 9.95. The van der Waals surface area contributed by atoms with Gasteiger partial charge in [0.05, 0.1) is 11.4 Å². The van der Waals surface area contributed by atoms with E-state index in [1.54, 1.807) is 13.1 Å². The summed E-state index contributed by atoms with van der Waals surface area (Å²) in [7, 11) is 1.75. The van der Waals surface area contributed by atoms with Crippen molar-refractivity contribution in [1.29, 1.82) is 0 Å². The minimum Gasteiger partial charge on any atom is -0.368 e. The highest BCUT2D eigenvalue weighted by atomic mass is 35.5. The quantitative estimate of drug-likeness (QED) is 0.691. The van der Waals surface area contributed by atoms with E-state index in [4.69, 9.17) is 17.3 Å². The molecule has 0 fully saturated rings. The molecule has 0 saturated carbocycles. The van der Waals surface area contributed by atoms with Crippen molar-refractivity contribution in [3.05, 3.63) is 64.0 Å². The van der Waals surface area contributed by atoms with Crippen molar-refractivity contribution >= 4 is 23.3 Å². The third kappa shape index (κ3) is 3.92. The number of hydrogen-bond donors (Lipinski definition) is 1. The van der Waals surface area contributed by atoms with E-state index >= 15 is 0 Å². The third-order valence-corrected chi connectivity index (χ3v) is 3.49. The van der Waals surface area contributed by atoms with Crippen LogP contribution < -0.4 is 5.73 Å². The van der Waals surface area contributed by atoms with Gasteiger partial charge in [-0.05, 0) is 31.4 Å². The van der Waals surface area contributed by atoms with E-state index in [1.807, 2.05) is 18.2 Å². The highest BCUT2D eigenvalue weighted by molar-refractivity contribution is 6.30. The lowest BCUT2D eigenvalue weighted by Crippen LogP contribution is -2.13. The summed E-state index contributed by atoms with van der Waals surface area (Å²) in [6, 6.07) is 11.9. The highest BCUT2D eigenvalue weighted by Crippen LogP contribution is 2.19. The van der Waals surface area contributed by atoms with E-state index in [1.165, 1.54) is 11.1 Å². The molecule has 0 amide bonds. The summed E-state index contributed by atoms with van der Waals surface area (Å²) in [6.45, 7) is 4.13. The standard InChI is InChI=1S/C17H19ClN4/c1-11(2)13(9-12-7-5-4-6-8-12)16(20-3)14-10-15(18)22-17(19)21-14/h4-8,10H,9H2,1-3H3,(H2,19,21,22). The number of anilines is 1. The fourth-order valence-electron chi connectivity index (χ4n) is 2.26. The summed E-state index contributed by atoms with van der Waals surface area (Å²) in [5, 5.41) is 0.316. The molecule has 0 unspecified atom stereocenters. The molecule has 0 aliphatic rings. The first kappa shape index (κ1) is 16.2. The fraction of sp³-hybridized carbons (Fsp3) is 0.235. The topological polar surface area (TPSA) is 64.2 Å². The number of allylic oxidation sites excluding steroid dienone is 2. The van der Waals surface area contributed by atoms with Crippen molar-refractivity contribution in [2.24, 2.45) is 4.99 Å². The van der Waals surface area contributed by atoms with Crippen LogP contribution in [-0.2, 0) is 6.42 Å². The van der Waals surface area contributed by atoms with Crippen LogP contribution in [0.3, 0.4) is 0 Å². The first-order chi connectivity index (χ1) is 10.5. The molecule has 1 aromatic carbocycles. The second-order valence-electron chi connectivity index (χ2n) is 5.15. The van der Waals surface area contributed by atoms with Crippen LogP contribution in [0.25, 0.3) is 0 Å². The van der Waals surface area contributed by atoms with Crippen LogP contribution in [-0.4, -0.2) is 22.7 Å². The Morgan fingerprint density at radius 1 is 1.18 bits per heavy atom. The molecular formula is C17H19ClN4. The summed E-state index contributed by atoms with van der Waals surface area (Å²) >= 11 is 5.99. The zero-order valence-electron chi connectivity index (χ0n) is 13.0. The Hall–Kier alpha value is -2.20. The molecule has 0 saturated heterocycles. The lowest BCUT2D eigenvalue weighted by Gasteiger charge is -2.13. The summed E-state index contributed by atoms with van der Waals surface area (Å²) < 4.78 is 0. The van der Waals surface area contributed by atoms with Crippen LogP contribution in [0.5, 0.6) is 0 Å². The summed E-state index contributed by atoms with van der Waals surface area (Å²) in [6.07, 6.45) is 0.775. The molecule has 114 valence electrons. The summed E-state index contributed by atoms with van der Waals surface area (Å²) in [5.41, 5.74) is 10.6. The molecule has 1 aromatic heterocycles. The van der Waals surface area contributed by atoms with Crippen LogP contribution in [0, 0.1) is 0 Å². The normalized spacial score (nSPS) is 11.4. The minimum absolute atomic E-state index is 0.150. The second-order valence-corrected chi connectivity index (χ2v) is 5.53. The Bertz CT molecular complexity index is 696. The van der Waals surface area contributed by atoms with Gasteiger partial charge in [-0.15, -0.1) is 0 Å². The molecule has 0 aliphatic carbocycles. The van der Waals surface area contributed by atoms with E-state index < -0.39 is 0 Å². The van der Waals surface area contributed by atoms with Crippen molar-refractivity contribution in [2.45, 2.75) is 20.3 Å². The van der Waals surface area contributed by atoms with Crippen molar-refractivity contribution in [1.82, 2.24) is 9.97 Å². The number of benzene rings is 1. The van der Waals surface area contributed by atoms with Gasteiger partial charge in [0.2, 0.25) is 5.95 Å². The Morgan fingerprint density at radius 3 is 2.41 bits per heavy atom. The van der Waals surface area contributed by atoms with Crippen molar-refractivity contribution in [3.63, 3.8) is 0 Å². The second kappa shape index (κ2) is 7.18. The maximum Gasteiger partial charge on any atom is 0.222 e. The summed E-state index contributed by atoms with van der Waals surface area (Å²) in [4.78, 5) is 12.6. The predicted molar refractivity (Wildman–Crippen MR) is 92.4 cm³/mol. The molecule has 1 heterocycles. The average Bonchev–Trinajstić information content (AvgIpc) is 2.47. The first-order valence-corrected chi connectivity index (χ1v) is 7.37. The first-order valence-electron chi connectivity index (χ1n) is 6.99. The number of nitrogen functional groups attached to an aromatic ring is 1. The molecular weight excluding hydrogens is 296 g/mol. The number of aromatic nitrogens is 2. The van der Waals surface area contributed by atoms with Crippen LogP contribution in [0.15, 0.2) is 52.5 Å². The third-order valence-electron chi connectivity index (χ3n) is 3.29. The van der Waals surface area contributed by atoms with E-state index in [9.17, 15) is 0 Å². The zero-order valence-corrected chi connectivity index (χ0v) is 13.7. The van der Waals surface area contributed by atoms with Gasteiger partial charge in [-0.3, -0.25) is 4.99 Å². The Morgan fingerprint density at radius 2 is 1.86 bits per heavy atom. The van der Waals surface area contributed by atoms with Gasteiger partial charge in [0.25, 0.3) is 0 Å². The maximum absolute atomic E-state index is 5.99. The van der Waals surface area contributed by atoms with Crippen LogP contribution >= 0.6 is 11.6 Å². The molecule has 2 aromatic rings. The number of halogens is 1. The molecule has 2 N–H and O–H groups in total. The van der Waals surface area contributed by atoms with Crippen LogP contribution in [0.2, 0.25) is 5.15 Å². The monoisotopic (exact) mass is 314 g/mol. The van der Waals surface area contributed by atoms with Gasteiger partial charge in [-0.1, -0.05) is 47.5 Å². The number of rotatable bonds is 4. The van der Waals surface area contributed by atoms with E-state index in [0.29, 0.717) is 10.8 Å². The number of aliphatic imine (C=N–C) groups is 1. The molecule has 0 spiro atoms. The molecule has 0 radical (unpaired) electrons. The van der Waals surface area contributed by atoms with Crippen LogP contribution in [0.1, 0.15) is 25.1 Å². The minimum atomic E-state index is 0.150. The van der Waals surface area contributed by atoms with Crippen molar-refractivity contribution in [2.75, 3.05) is 12.8 Å². The van der Waals surface area contributed by atoms with Gasteiger partial charge in [0.1, 0.15) is 5.15 Å². The van der Waals surface area contributed by atoms with Gasteiger partial charge < -0.3 is 5.73 Å². The number of nitrogens with zero attached hydrogens (tertiary/aromatic N) is 3. The highest BCUT2D eigenvalue weighted by Gasteiger charge is 2.15. The molecule has 0 aliphatic heterocycles. The van der Waals surface area contributed by atoms with E-state index in [0.717, 1.165) is 17.7 Å². The SMILES string of the molecule is CN=C(C(Cc1ccccc1)=C(C)C)c1cc(Cl)nc(N)n1. The van der Waals surface area contributed by atoms with Gasteiger partial charge in [-0.25, -0.2) is 9.97 Å². The van der Waals surface area contributed by atoms with Crippen molar-refractivity contribution in [3.8, 4) is 0 Å². The largest absolute Gasteiger partial charge is 0.368 e. The number of hydrogen-bond acceptors (Lipinski definition) is 4. The van der Waals surface area contributed by atoms with Crippen LogP contribution in [0.4, 0.5) is 5.95 Å².